The molecule has 0 bridgehead atoms. The second-order valence-electron chi connectivity index (χ2n) is 3.49. The van der Waals surface area contributed by atoms with Crippen LogP contribution in [-0.4, -0.2) is 46.6 Å². The molecule has 1 rings (SSSR count). The fourth-order valence-electron chi connectivity index (χ4n) is 1.17. The fourth-order valence-corrected chi connectivity index (χ4v) is 1.17. The minimum absolute atomic E-state index is 0.000926. The normalized spacial score (nSPS) is 10.6. The van der Waals surface area contributed by atoms with E-state index in [-0.39, 0.29) is 17.9 Å². The van der Waals surface area contributed by atoms with Gasteiger partial charge in [-0.3, -0.25) is 4.79 Å². The van der Waals surface area contributed by atoms with E-state index < -0.39 is 17.2 Å². The molecule has 0 fully saturated rings. The Bertz CT molecular complexity index is 387. The van der Waals surface area contributed by atoms with Gasteiger partial charge in [0.15, 0.2) is 17.3 Å². The number of Topliss-reactive ketones (excluding diaryl/α,β-unsaturated/α-hetero) is 1. The quantitative estimate of drug-likeness (QED) is 0.502. The summed E-state index contributed by atoms with van der Waals surface area (Å²) in [7, 11) is 3.43. The predicted molar refractivity (Wildman–Crippen MR) is 54.3 cm³/mol. The Morgan fingerprint density at radius 3 is 2.33 bits per heavy atom. The Morgan fingerprint density at radius 2 is 1.80 bits per heavy atom. The van der Waals surface area contributed by atoms with Gasteiger partial charge < -0.3 is 20.2 Å². The first-order chi connectivity index (χ1) is 6.93. The van der Waals surface area contributed by atoms with Gasteiger partial charge in [0, 0.05) is 0 Å². The van der Waals surface area contributed by atoms with E-state index in [1.807, 2.05) is 0 Å². The summed E-state index contributed by atoms with van der Waals surface area (Å²) in [6, 6.07) is 2.44. The maximum atomic E-state index is 11.5. The van der Waals surface area contributed by atoms with Crippen molar-refractivity contribution < 1.29 is 20.1 Å². The van der Waals surface area contributed by atoms with Gasteiger partial charge in [-0.1, -0.05) is 0 Å². The Morgan fingerprint density at radius 1 is 1.20 bits per heavy atom. The molecule has 0 saturated heterocycles. The first-order valence-corrected chi connectivity index (χ1v) is 4.35. The molecule has 15 heavy (non-hydrogen) atoms. The largest absolute Gasteiger partial charge is 0.504 e. The third kappa shape index (κ3) is 2.38. The summed E-state index contributed by atoms with van der Waals surface area (Å²) in [5.74, 6) is -2.02. The Kier molecular flexibility index (Phi) is 3.16. The van der Waals surface area contributed by atoms with Crippen molar-refractivity contribution in [2.75, 3.05) is 20.6 Å². The van der Waals surface area contributed by atoms with Gasteiger partial charge >= 0.3 is 0 Å². The molecule has 3 N–H and O–H groups in total. The second kappa shape index (κ2) is 4.18. The highest BCUT2D eigenvalue weighted by Gasteiger charge is 2.17. The van der Waals surface area contributed by atoms with Crippen molar-refractivity contribution in [2.24, 2.45) is 0 Å². The maximum absolute atomic E-state index is 11.5. The van der Waals surface area contributed by atoms with Crippen LogP contribution >= 0.6 is 0 Å². The van der Waals surface area contributed by atoms with E-state index in [4.69, 9.17) is 5.11 Å². The highest BCUT2D eigenvalue weighted by molar-refractivity contribution is 6.01. The van der Waals surface area contributed by atoms with Gasteiger partial charge in [-0.2, -0.15) is 0 Å². The van der Waals surface area contributed by atoms with Crippen LogP contribution in [0.4, 0.5) is 0 Å². The number of carbonyl (C=O) groups excluding carboxylic acids is 1. The monoisotopic (exact) mass is 211 g/mol. The molecular formula is C10H13NO4. The molecule has 1 aromatic carbocycles. The van der Waals surface area contributed by atoms with Crippen LogP contribution in [0.3, 0.4) is 0 Å². The summed E-state index contributed by atoms with van der Waals surface area (Å²) >= 11 is 0. The molecule has 0 unspecified atom stereocenters. The van der Waals surface area contributed by atoms with Gasteiger partial charge in [0.2, 0.25) is 5.75 Å². The maximum Gasteiger partial charge on any atom is 0.201 e. The van der Waals surface area contributed by atoms with Crippen molar-refractivity contribution >= 4 is 5.78 Å². The first-order valence-electron chi connectivity index (χ1n) is 4.35. The number of phenols is 3. The average molecular weight is 211 g/mol. The number of carbonyl (C=O) groups is 1. The van der Waals surface area contributed by atoms with Crippen LogP contribution in [0.1, 0.15) is 10.4 Å². The minimum Gasteiger partial charge on any atom is -0.504 e. The van der Waals surface area contributed by atoms with Crippen LogP contribution in [0.15, 0.2) is 12.1 Å². The molecule has 82 valence electrons. The molecule has 0 aliphatic rings. The lowest BCUT2D eigenvalue weighted by atomic mass is 10.1. The molecule has 0 radical (unpaired) electrons. The number of hydrogen-bond acceptors (Lipinski definition) is 5. The van der Waals surface area contributed by atoms with Crippen LogP contribution in [0.25, 0.3) is 0 Å². The molecule has 0 aromatic heterocycles. The summed E-state index contributed by atoms with van der Waals surface area (Å²) in [6.45, 7) is 0.123. The van der Waals surface area contributed by atoms with Crippen LogP contribution < -0.4 is 0 Å². The highest BCUT2D eigenvalue weighted by Crippen LogP contribution is 2.37. The van der Waals surface area contributed by atoms with Gasteiger partial charge in [-0.25, -0.2) is 0 Å². The van der Waals surface area contributed by atoms with Crippen molar-refractivity contribution in [2.45, 2.75) is 0 Å². The Balaban J connectivity index is 3.06. The zero-order valence-electron chi connectivity index (χ0n) is 8.56. The van der Waals surface area contributed by atoms with Crippen molar-refractivity contribution in [3.63, 3.8) is 0 Å². The van der Waals surface area contributed by atoms with Crippen LogP contribution in [0.2, 0.25) is 0 Å². The van der Waals surface area contributed by atoms with Gasteiger partial charge in [0.25, 0.3) is 0 Å². The summed E-state index contributed by atoms with van der Waals surface area (Å²) in [5, 5.41) is 27.7. The van der Waals surface area contributed by atoms with E-state index in [2.05, 4.69) is 0 Å². The predicted octanol–water partition coefficient (Wildman–Crippen LogP) is 0.548. The molecule has 1 aromatic rings. The van der Waals surface area contributed by atoms with Crippen molar-refractivity contribution in [1.82, 2.24) is 4.90 Å². The standard InChI is InChI=1S/C10H13NO4/c1-11(2)5-8(13)6-3-4-7(12)10(15)9(6)14/h3-4,12,14-15H,5H2,1-2H3. The Hall–Kier alpha value is -1.75. The molecule has 5 nitrogen and oxygen atoms in total. The van der Waals surface area contributed by atoms with Crippen LogP contribution in [-0.2, 0) is 0 Å². The SMILES string of the molecule is CN(C)CC(=O)c1ccc(O)c(O)c1O. The molecular weight excluding hydrogens is 198 g/mol. The molecule has 0 spiro atoms. The highest BCUT2D eigenvalue weighted by atomic mass is 16.3. The lowest BCUT2D eigenvalue weighted by molar-refractivity contribution is 0.0954. The van der Waals surface area contributed by atoms with Crippen molar-refractivity contribution in [3.8, 4) is 17.2 Å². The van der Waals surface area contributed by atoms with Gasteiger partial charge in [-0.05, 0) is 26.2 Å². The third-order valence-electron chi connectivity index (χ3n) is 1.89. The number of hydrogen-bond donors (Lipinski definition) is 3. The van der Waals surface area contributed by atoms with Gasteiger partial charge in [0.05, 0.1) is 12.1 Å². The summed E-state index contributed by atoms with van der Waals surface area (Å²) in [4.78, 5) is 13.2. The fraction of sp³-hybridized carbons (Fsp3) is 0.300. The number of aromatic hydroxyl groups is 3. The molecule has 0 heterocycles. The topological polar surface area (TPSA) is 81.0 Å². The number of rotatable bonds is 3. The number of ketones is 1. The number of nitrogens with zero attached hydrogens (tertiary/aromatic N) is 1. The number of phenolic OH excluding ortho intramolecular Hbond substituents is 3. The van der Waals surface area contributed by atoms with E-state index in [0.29, 0.717) is 0 Å². The van der Waals surface area contributed by atoms with E-state index in [1.54, 1.807) is 19.0 Å². The summed E-state index contributed by atoms with van der Waals surface area (Å²) < 4.78 is 0. The lowest BCUT2D eigenvalue weighted by Gasteiger charge is -2.10. The lowest BCUT2D eigenvalue weighted by Crippen LogP contribution is -2.21. The molecule has 5 heteroatoms. The molecule has 0 saturated carbocycles. The van der Waals surface area contributed by atoms with Crippen molar-refractivity contribution in [1.29, 1.82) is 0 Å². The van der Waals surface area contributed by atoms with E-state index in [0.717, 1.165) is 6.07 Å². The van der Waals surface area contributed by atoms with E-state index in [1.165, 1.54) is 6.07 Å². The molecule has 0 atom stereocenters. The summed E-state index contributed by atoms with van der Waals surface area (Å²) in [6.07, 6.45) is 0. The first kappa shape index (κ1) is 11.3. The molecule has 0 aliphatic carbocycles. The smallest absolute Gasteiger partial charge is 0.201 e. The van der Waals surface area contributed by atoms with Gasteiger partial charge in [-0.15, -0.1) is 0 Å². The summed E-state index contributed by atoms with van der Waals surface area (Å²) in [5.41, 5.74) is -0.000926. The van der Waals surface area contributed by atoms with Crippen LogP contribution in [0, 0.1) is 0 Å². The molecule has 0 amide bonds. The average Bonchev–Trinajstić information content (AvgIpc) is 2.13. The second-order valence-corrected chi connectivity index (χ2v) is 3.49. The third-order valence-corrected chi connectivity index (χ3v) is 1.89. The van der Waals surface area contributed by atoms with Gasteiger partial charge in [0.1, 0.15) is 0 Å². The Labute approximate surface area is 87.2 Å². The zero-order chi connectivity index (χ0) is 11.6. The van der Waals surface area contributed by atoms with E-state index >= 15 is 0 Å². The van der Waals surface area contributed by atoms with Crippen LogP contribution in [0.5, 0.6) is 17.2 Å². The van der Waals surface area contributed by atoms with E-state index in [9.17, 15) is 15.0 Å². The zero-order valence-corrected chi connectivity index (χ0v) is 8.56. The minimum atomic E-state index is -0.667. The number of likely N-dealkylation sites (N-methyl/N-ethyl adjacent to an activating group) is 1. The number of benzene rings is 1. The molecule has 0 aliphatic heterocycles. The van der Waals surface area contributed by atoms with Crippen molar-refractivity contribution in [3.05, 3.63) is 17.7 Å².